The van der Waals surface area contributed by atoms with E-state index in [0.29, 0.717) is 0 Å². The molecule has 1 aromatic carbocycles. The number of carbonyl (C=O) groups excluding carboxylic acids is 1. The zero-order chi connectivity index (χ0) is 18.1. The van der Waals surface area contributed by atoms with Crippen LogP contribution in [-0.4, -0.2) is 23.9 Å². The number of amides is 1. The summed E-state index contributed by atoms with van der Waals surface area (Å²) < 4.78 is 14.8. The molecular formula is C21H25FN2OS. The van der Waals surface area contributed by atoms with Crippen molar-refractivity contribution in [1.29, 1.82) is 0 Å². The molecule has 1 saturated heterocycles. The van der Waals surface area contributed by atoms with E-state index in [1.807, 2.05) is 12.1 Å². The van der Waals surface area contributed by atoms with Gasteiger partial charge in [0.25, 0.3) is 0 Å². The highest BCUT2D eigenvalue weighted by atomic mass is 32.1. The molecule has 1 aromatic heterocycles. The zero-order valence-electron chi connectivity index (χ0n) is 15.2. The lowest BCUT2D eigenvalue weighted by atomic mass is 9.88. The predicted octanol–water partition coefficient (Wildman–Crippen LogP) is 4.91. The molecule has 2 aromatic rings. The maximum Gasteiger partial charge on any atom is 0.221 e. The van der Waals surface area contributed by atoms with Gasteiger partial charge in [0.05, 0.1) is 6.04 Å². The van der Waals surface area contributed by atoms with Crippen molar-refractivity contribution < 1.29 is 9.18 Å². The van der Waals surface area contributed by atoms with E-state index in [1.165, 1.54) is 23.3 Å². The number of aryl methyl sites for hydroxylation is 1. The van der Waals surface area contributed by atoms with Crippen LogP contribution < -0.4 is 5.32 Å². The molecule has 1 aliphatic carbocycles. The van der Waals surface area contributed by atoms with Gasteiger partial charge in [-0.05, 0) is 63.2 Å². The predicted molar refractivity (Wildman–Crippen MR) is 104 cm³/mol. The van der Waals surface area contributed by atoms with Crippen LogP contribution in [0.4, 0.5) is 9.39 Å². The van der Waals surface area contributed by atoms with E-state index in [4.69, 9.17) is 0 Å². The molecule has 0 saturated carbocycles. The first-order valence-corrected chi connectivity index (χ1v) is 10.4. The molecule has 2 heterocycles. The van der Waals surface area contributed by atoms with Gasteiger partial charge in [0.15, 0.2) is 0 Å². The van der Waals surface area contributed by atoms with Crippen LogP contribution in [0.5, 0.6) is 0 Å². The third-order valence-corrected chi connectivity index (χ3v) is 6.70. The van der Waals surface area contributed by atoms with Crippen molar-refractivity contribution in [2.24, 2.45) is 0 Å². The van der Waals surface area contributed by atoms with E-state index in [9.17, 15) is 9.18 Å². The number of halogens is 1. The van der Waals surface area contributed by atoms with Gasteiger partial charge in [0.2, 0.25) is 5.91 Å². The number of anilines is 1. The van der Waals surface area contributed by atoms with Crippen molar-refractivity contribution in [1.82, 2.24) is 4.90 Å². The Morgan fingerprint density at radius 1 is 1.15 bits per heavy atom. The molecule has 1 fully saturated rings. The number of nitrogens with zero attached hydrogens (tertiary/aromatic N) is 1. The molecule has 4 rings (SSSR count). The van der Waals surface area contributed by atoms with E-state index < -0.39 is 0 Å². The minimum Gasteiger partial charge on any atom is -0.318 e. The average Bonchev–Trinajstić information content (AvgIpc) is 3.25. The molecule has 138 valence electrons. The van der Waals surface area contributed by atoms with Crippen molar-refractivity contribution in [2.75, 3.05) is 18.4 Å². The zero-order valence-corrected chi connectivity index (χ0v) is 16.0. The molecule has 0 radical (unpaired) electrons. The van der Waals surface area contributed by atoms with Gasteiger partial charge in [0, 0.05) is 22.9 Å². The standard InChI is InChI=1S/C21H25FN2OS/c1-14(25)23-21-19(16-9-3-5-11-18(16)26-21)20(24-12-6-7-13-24)15-8-2-4-10-17(15)22/h2,4,8,10,20H,3,5-7,9,11-13H2,1H3,(H,23,25). The fraction of sp³-hybridized carbons (Fsp3) is 0.476. The number of carbonyl (C=O) groups is 1. The fourth-order valence-electron chi connectivity index (χ4n) is 4.36. The lowest BCUT2D eigenvalue weighted by Gasteiger charge is -2.30. The van der Waals surface area contributed by atoms with Crippen LogP contribution in [-0.2, 0) is 17.6 Å². The average molecular weight is 373 g/mol. The van der Waals surface area contributed by atoms with Gasteiger partial charge in [-0.25, -0.2) is 4.39 Å². The quantitative estimate of drug-likeness (QED) is 0.827. The van der Waals surface area contributed by atoms with Gasteiger partial charge in [-0.15, -0.1) is 11.3 Å². The highest BCUT2D eigenvalue weighted by molar-refractivity contribution is 7.16. The molecule has 1 amide bonds. The van der Waals surface area contributed by atoms with Crippen molar-refractivity contribution >= 4 is 22.2 Å². The van der Waals surface area contributed by atoms with Crippen LogP contribution in [0.1, 0.15) is 60.2 Å². The van der Waals surface area contributed by atoms with E-state index in [-0.39, 0.29) is 17.8 Å². The first kappa shape index (κ1) is 17.7. The number of thiophene rings is 1. The Morgan fingerprint density at radius 2 is 1.88 bits per heavy atom. The topological polar surface area (TPSA) is 32.3 Å². The Bertz CT molecular complexity index is 810. The van der Waals surface area contributed by atoms with Crippen molar-refractivity contribution in [3.63, 3.8) is 0 Å². The normalized spacial score (nSPS) is 18.5. The maximum atomic E-state index is 14.8. The number of benzene rings is 1. The van der Waals surface area contributed by atoms with Crippen molar-refractivity contribution in [3.05, 3.63) is 51.7 Å². The van der Waals surface area contributed by atoms with Crippen LogP contribution in [0.2, 0.25) is 0 Å². The minimum absolute atomic E-state index is 0.0569. The molecule has 1 unspecified atom stereocenters. The summed E-state index contributed by atoms with van der Waals surface area (Å²) >= 11 is 1.70. The summed E-state index contributed by atoms with van der Waals surface area (Å²) in [5, 5.41) is 3.98. The molecule has 0 spiro atoms. The van der Waals surface area contributed by atoms with Gasteiger partial charge in [-0.1, -0.05) is 18.2 Å². The van der Waals surface area contributed by atoms with Gasteiger partial charge < -0.3 is 5.32 Å². The largest absolute Gasteiger partial charge is 0.318 e. The van der Waals surface area contributed by atoms with E-state index in [0.717, 1.165) is 54.9 Å². The first-order chi connectivity index (χ1) is 12.6. The number of nitrogens with one attached hydrogen (secondary N) is 1. The number of likely N-dealkylation sites (tertiary alicyclic amines) is 1. The SMILES string of the molecule is CC(=O)Nc1sc2c(c1C(c1ccccc1F)N1CCCC1)CCCC2. The van der Waals surface area contributed by atoms with Crippen LogP contribution >= 0.6 is 11.3 Å². The molecule has 5 heteroatoms. The lowest BCUT2D eigenvalue weighted by Crippen LogP contribution is -2.29. The maximum absolute atomic E-state index is 14.8. The van der Waals surface area contributed by atoms with E-state index in [1.54, 1.807) is 30.4 Å². The third-order valence-electron chi connectivity index (χ3n) is 5.48. The minimum atomic E-state index is -0.158. The van der Waals surface area contributed by atoms with E-state index in [2.05, 4.69) is 10.2 Å². The van der Waals surface area contributed by atoms with Crippen LogP contribution in [0.3, 0.4) is 0 Å². The second kappa shape index (κ2) is 7.49. The molecule has 3 nitrogen and oxygen atoms in total. The first-order valence-electron chi connectivity index (χ1n) is 9.55. The van der Waals surface area contributed by atoms with Gasteiger partial charge in [-0.3, -0.25) is 9.69 Å². The Kier molecular flexibility index (Phi) is 5.09. The summed E-state index contributed by atoms with van der Waals surface area (Å²) in [4.78, 5) is 15.6. The number of hydrogen-bond acceptors (Lipinski definition) is 3. The van der Waals surface area contributed by atoms with Crippen LogP contribution in [0.15, 0.2) is 24.3 Å². The number of hydrogen-bond donors (Lipinski definition) is 1. The Balaban J connectivity index is 1.88. The fourth-order valence-corrected chi connectivity index (χ4v) is 5.73. The number of fused-ring (bicyclic) bond motifs is 1. The summed E-state index contributed by atoms with van der Waals surface area (Å²) in [6.07, 6.45) is 6.75. The van der Waals surface area contributed by atoms with Crippen LogP contribution in [0.25, 0.3) is 0 Å². The van der Waals surface area contributed by atoms with E-state index >= 15 is 0 Å². The summed E-state index contributed by atoms with van der Waals surface area (Å²) in [6, 6.07) is 7.01. The van der Waals surface area contributed by atoms with Crippen LogP contribution in [0, 0.1) is 5.82 Å². The summed E-state index contributed by atoms with van der Waals surface area (Å²) in [6.45, 7) is 3.50. The van der Waals surface area contributed by atoms with Crippen molar-refractivity contribution in [3.8, 4) is 0 Å². The third kappa shape index (κ3) is 3.30. The molecule has 2 aliphatic rings. The Hall–Kier alpha value is -1.72. The monoisotopic (exact) mass is 372 g/mol. The Morgan fingerprint density at radius 3 is 2.62 bits per heavy atom. The lowest BCUT2D eigenvalue weighted by molar-refractivity contribution is -0.114. The van der Waals surface area contributed by atoms with Gasteiger partial charge >= 0.3 is 0 Å². The number of rotatable bonds is 4. The van der Waals surface area contributed by atoms with Crippen molar-refractivity contribution in [2.45, 2.75) is 51.5 Å². The van der Waals surface area contributed by atoms with Gasteiger partial charge in [-0.2, -0.15) is 0 Å². The molecular weight excluding hydrogens is 347 g/mol. The highest BCUT2D eigenvalue weighted by Crippen LogP contribution is 2.46. The molecule has 1 N–H and O–H groups in total. The second-order valence-corrected chi connectivity index (χ2v) is 8.41. The molecule has 26 heavy (non-hydrogen) atoms. The molecule has 1 atom stereocenters. The van der Waals surface area contributed by atoms with Gasteiger partial charge in [0.1, 0.15) is 10.8 Å². The smallest absolute Gasteiger partial charge is 0.221 e. The molecule has 1 aliphatic heterocycles. The summed E-state index contributed by atoms with van der Waals surface area (Å²) in [5.41, 5.74) is 3.23. The molecule has 0 bridgehead atoms. The summed E-state index contributed by atoms with van der Waals surface area (Å²) in [5.74, 6) is -0.215. The second-order valence-electron chi connectivity index (χ2n) is 7.30. The summed E-state index contributed by atoms with van der Waals surface area (Å²) in [7, 11) is 0. The Labute approximate surface area is 158 Å². The highest BCUT2D eigenvalue weighted by Gasteiger charge is 2.34.